The van der Waals surface area contributed by atoms with Gasteiger partial charge in [-0.2, -0.15) is 0 Å². The summed E-state index contributed by atoms with van der Waals surface area (Å²) in [4.78, 5) is 24.7. The highest BCUT2D eigenvalue weighted by Gasteiger charge is 2.26. The molecule has 0 saturated heterocycles. The Bertz CT molecular complexity index is 568. The van der Waals surface area contributed by atoms with Crippen molar-refractivity contribution in [2.24, 2.45) is 5.92 Å². The van der Waals surface area contributed by atoms with Gasteiger partial charge in [-0.15, -0.1) is 11.8 Å². The highest BCUT2D eigenvalue weighted by atomic mass is 32.2. The molecule has 4 nitrogen and oxygen atoms in total. The van der Waals surface area contributed by atoms with E-state index in [4.69, 9.17) is 4.74 Å². The molecule has 0 N–H and O–H groups in total. The molecule has 5 heteroatoms. The largest absolute Gasteiger partial charge is 0.466 e. The number of carbonyl (C=O) groups excluding carboxylic acids is 2. The summed E-state index contributed by atoms with van der Waals surface area (Å²) in [7, 11) is 1.32. The van der Waals surface area contributed by atoms with E-state index in [0.29, 0.717) is 12.3 Å². The van der Waals surface area contributed by atoms with E-state index in [-0.39, 0.29) is 11.7 Å². The van der Waals surface area contributed by atoms with Gasteiger partial charge in [0, 0.05) is 11.0 Å². The topological polar surface area (TPSA) is 52.6 Å². The summed E-state index contributed by atoms with van der Waals surface area (Å²) in [6.07, 6.45) is 5.58. The molecule has 0 amide bonds. The van der Waals surface area contributed by atoms with E-state index in [0.717, 1.165) is 17.7 Å². The van der Waals surface area contributed by atoms with Gasteiger partial charge in [-0.1, -0.05) is 38.5 Å². The molecule has 1 rings (SSSR count). The second-order valence-electron chi connectivity index (χ2n) is 6.53. The van der Waals surface area contributed by atoms with E-state index in [1.807, 2.05) is 37.3 Å². The van der Waals surface area contributed by atoms with Crippen LogP contribution in [0.3, 0.4) is 0 Å². The van der Waals surface area contributed by atoms with Crippen molar-refractivity contribution in [1.29, 1.82) is 0 Å². The van der Waals surface area contributed by atoms with Crippen LogP contribution in [-0.4, -0.2) is 30.4 Å². The monoisotopic (exact) mass is 364 g/mol. The van der Waals surface area contributed by atoms with Crippen molar-refractivity contribution in [2.45, 2.75) is 50.5 Å². The minimum absolute atomic E-state index is 0.232. The van der Waals surface area contributed by atoms with Crippen LogP contribution in [0.5, 0.6) is 0 Å². The summed E-state index contributed by atoms with van der Waals surface area (Å²) < 4.78 is 10.3. The minimum atomic E-state index is -0.808. The zero-order valence-electron chi connectivity index (χ0n) is 15.5. The Morgan fingerprint density at radius 2 is 1.92 bits per heavy atom. The van der Waals surface area contributed by atoms with E-state index < -0.39 is 11.6 Å². The summed E-state index contributed by atoms with van der Waals surface area (Å²) in [6.45, 7) is 6.14. The maximum Gasteiger partial charge on any atom is 0.330 e. The first-order chi connectivity index (χ1) is 11.8. The highest BCUT2D eigenvalue weighted by Crippen LogP contribution is 2.24. The third-order valence-electron chi connectivity index (χ3n) is 3.67. The van der Waals surface area contributed by atoms with E-state index in [9.17, 15) is 9.59 Å². The number of hydrogen-bond acceptors (Lipinski definition) is 5. The van der Waals surface area contributed by atoms with Crippen molar-refractivity contribution in [2.75, 3.05) is 12.9 Å². The third kappa shape index (κ3) is 9.34. The molecule has 0 unspecified atom stereocenters. The summed E-state index contributed by atoms with van der Waals surface area (Å²) in [5, 5.41) is 0. The van der Waals surface area contributed by atoms with E-state index >= 15 is 0 Å². The summed E-state index contributed by atoms with van der Waals surface area (Å²) in [5.41, 5.74) is -0.808. The Hall–Kier alpha value is -1.75. The summed E-state index contributed by atoms with van der Waals surface area (Å²) in [6, 6.07) is 9.71. The smallest absolute Gasteiger partial charge is 0.330 e. The fraction of sp³-hybridized carbons (Fsp3) is 0.500. The molecule has 0 bridgehead atoms. The Labute approximate surface area is 155 Å². The molecule has 0 aliphatic rings. The molecule has 1 aromatic rings. The van der Waals surface area contributed by atoms with Crippen molar-refractivity contribution < 1.29 is 19.1 Å². The van der Waals surface area contributed by atoms with Gasteiger partial charge in [0.1, 0.15) is 5.60 Å². The number of esters is 2. The number of benzene rings is 1. The molecule has 0 spiro atoms. The molecule has 0 heterocycles. The molecule has 0 saturated carbocycles. The highest BCUT2D eigenvalue weighted by molar-refractivity contribution is 8.00. The molecular formula is C20H28O4S. The molecule has 138 valence electrons. The molecule has 0 aromatic heterocycles. The predicted octanol–water partition coefficient (Wildman–Crippen LogP) is 4.64. The van der Waals surface area contributed by atoms with Gasteiger partial charge in [0.25, 0.3) is 0 Å². The molecule has 0 aliphatic carbocycles. The van der Waals surface area contributed by atoms with Gasteiger partial charge < -0.3 is 9.47 Å². The fourth-order valence-corrected chi connectivity index (χ4v) is 2.98. The standard InChI is InChI=1S/C20H28O4S/c1-16(2)9-8-13-20(3,14-12-18(21)23-4)24-19(22)15-25-17-10-6-5-7-11-17/h5-7,10-12,14,16H,8-9,13,15H2,1-4H3/b14-12+/t20-/m0/s1. The van der Waals surface area contributed by atoms with Gasteiger partial charge >= 0.3 is 11.9 Å². The minimum Gasteiger partial charge on any atom is -0.466 e. The number of methoxy groups -OCH3 is 1. The molecule has 25 heavy (non-hydrogen) atoms. The van der Waals surface area contributed by atoms with Crippen LogP contribution < -0.4 is 0 Å². The number of rotatable bonds is 10. The first kappa shape index (κ1) is 21.3. The average molecular weight is 365 g/mol. The molecule has 1 atom stereocenters. The quantitative estimate of drug-likeness (QED) is 0.344. The Morgan fingerprint density at radius 3 is 2.52 bits per heavy atom. The van der Waals surface area contributed by atoms with Gasteiger partial charge in [0.15, 0.2) is 0 Å². The Balaban J connectivity index is 2.65. The molecule has 0 aliphatic heterocycles. The van der Waals surface area contributed by atoms with Crippen molar-refractivity contribution in [3.05, 3.63) is 42.5 Å². The van der Waals surface area contributed by atoms with Crippen LogP contribution in [0.25, 0.3) is 0 Å². The van der Waals surface area contributed by atoms with Gasteiger partial charge in [0.05, 0.1) is 12.9 Å². The number of thioether (sulfide) groups is 1. The van der Waals surface area contributed by atoms with Crippen LogP contribution in [0.2, 0.25) is 0 Å². The van der Waals surface area contributed by atoms with Gasteiger partial charge in [-0.05, 0) is 43.9 Å². The molecule has 0 radical (unpaired) electrons. The Kier molecular flexibility index (Phi) is 9.35. The van der Waals surface area contributed by atoms with Crippen LogP contribution >= 0.6 is 11.8 Å². The van der Waals surface area contributed by atoms with Crippen molar-refractivity contribution in [1.82, 2.24) is 0 Å². The maximum absolute atomic E-state index is 12.3. The zero-order chi connectivity index (χ0) is 18.7. The SMILES string of the molecule is COC(=O)/C=C/[C@](C)(CCCC(C)C)OC(=O)CSc1ccccc1. The lowest BCUT2D eigenvalue weighted by Gasteiger charge is -2.26. The van der Waals surface area contributed by atoms with Crippen molar-refractivity contribution >= 4 is 23.7 Å². The van der Waals surface area contributed by atoms with E-state index in [1.54, 1.807) is 6.08 Å². The van der Waals surface area contributed by atoms with Crippen LogP contribution in [0, 0.1) is 5.92 Å². The second kappa shape index (κ2) is 11.0. The average Bonchev–Trinajstić information content (AvgIpc) is 2.58. The number of carbonyl (C=O) groups is 2. The van der Waals surface area contributed by atoms with Crippen LogP contribution in [0.4, 0.5) is 0 Å². The summed E-state index contributed by atoms with van der Waals surface area (Å²) in [5.74, 6) is 0.0638. The van der Waals surface area contributed by atoms with Gasteiger partial charge in [-0.3, -0.25) is 4.79 Å². The Morgan fingerprint density at radius 1 is 1.24 bits per heavy atom. The van der Waals surface area contributed by atoms with E-state index in [1.165, 1.54) is 24.9 Å². The fourth-order valence-electron chi connectivity index (χ4n) is 2.29. The van der Waals surface area contributed by atoms with Gasteiger partial charge in [0.2, 0.25) is 0 Å². The number of ether oxygens (including phenoxy) is 2. The third-order valence-corrected chi connectivity index (χ3v) is 4.66. The van der Waals surface area contributed by atoms with Crippen molar-refractivity contribution in [3.8, 4) is 0 Å². The van der Waals surface area contributed by atoms with Crippen molar-refractivity contribution in [3.63, 3.8) is 0 Å². The maximum atomic E-state index is 12.3. The summed E-state index contributed by atoms with van der Waals surface area (Å²) >= 11 is 1.44. The molecule has 1 aromatic carbocycles. The normalized spacial score (nSPS) is 13.6. The predicted molar refractivity (Wildman–Crippen MR) is 102 cm³/mol. The van der Waals surface area contributed by atoms with Gasteiger partial charge in [-0.25, -0.2) is 4.79 Å². The van der Waals surface area contributed by atoms with E-state index in [2.05, 4.69) is 18.6 Å². The first-order valence-electron chi connectivity index (χ1n) is 8.51. The van der Waals surface area contributed by atoms with Crippen LogP contribution in [0.15, 0.2) is 47.4 Å². The number of hydrogen-bond donors (Lipinski definition) is 0. The lowest BCUT2D eigenvalue weighted by Crippen LogP contribution is -2.31. The first-order valence-corrected chi connectivity index (χ1v) is 9.50. The zero-order valence-corrected chi connectivity index (χ0v) is 16.3. The van der Waals surface area contributed by atoms with Crippen LogP contribution in [-0.2, 0) is 19.1 Å². The second-order valence-corrected chi connectivity index (χ2v) is 7.58. The lowest BCUT2D eigenvalue weighted by molar-refractivity contribution is -0.151. The molecule has 0 fully saturated rings. The molecular weight excluding hydrogens is 336 g/mol. The van der Waals surface area contributed by atoms with Crippen LogP contribution in [0.1, 0.15) is 40.0 Å². The lowest BCUT2D eigenvalue weighted by atomic mass is 9.95.